The molecule has 0 aromatic heterocycles. The van der Waals surface area contributed by atoms with Crippen molar-refractivity contribution in [3.63, 3.8) is 0 Å². The van der Waals surface area contributed by atoms with Gasteiger partial charge in [-0.15, -0.1) is 0 Å². The fraction of sp³-hybridized carbons (Fsp3) is 0.755. The first-order valence-corrected chi connectivity index (χ1v) is 23.5. The monoisotopic (exact) mass is 775 g/mol. The van der Waals surface area contributed by atoms with Gasteiger partial charge in [0, 0.05) is 11.1 Å². The van der Waals surface area contributed by atoms with E-state index < -0.39 is 0 Å². The van der Waals surface area contributed by atoms with Crippen LogP contribution in [-0.2, 0) is 23.7 Å². The lowest BCUT2D eigenvalue weighted by atomic mass is 9.68. The molecule has 320 valence electrons. The van der Waals surface area contributed by atoms with Crippen molar-refractivity contribution in [1.82, 2.24) is 0 Å². The van der Waals surface area contributed by atoms with Crippen LogP contribution in [0.2, 0.25) is 0 Å². The van der Waals surface area contributed by atoms with Gasteiger partial charge in [0.15, 0.2) is 0 Å². The molecule has 3 nitrogen and oxygen atoms in total. The average Bonchev–Trinajstić information content (AvgIpc) is 3.07. The van der Waals surface area contributed by atoms with Crippen molar-refractivity contribution in [3.05, 3.63) is 58.1 Å². The summed E-state index contributed by atoms with van der Waals surface area (Å²) in [5.41, 5.74) is 4.15. The van der Waals surface area contributed by atoms with Gasteiger partial charge in [0.05, 0.1) is 5.56 Å². The number of unbranched alkanes of at least 4 members (excludes halogenated alkanes) is 18. The molecule has 2 aromatic carbocycles. The largest absolute Gasteiger partial charge is 0.507 e. The maximum atomic E-state index is 14.3. The highest BCUT2D eigenvalue weighted by atomic mass is 16.5. The Bertz CT molecular complexity index is 1310. The van der Waals surface area contributed by atoms with Crippen LogP contribution < -0.4 is 4.74 Å². The molecule has 0 atom stereocenters. The van der Waals surface area contributed by atoms with Crippen LogP contribution in [0.4, 0.5) is 0 Å². The summed E-state index contributed by atoms with van der Waals surface area (Å²) < 4.78 is 6.34. The van der Waals surface area contributed by atoms with Gasteiger partial charge in [-0.3, -0.25) is 0 Å². The zero-order valence-corrected chi connectivity index (χ0v) is 39.1. The number of hydrogen-bond donors (Lipinski definition) is 1. The Morgan fingerprint density at radius 2 is 0.804 bits per heavy atom. The number of carbonyl (C=O) groups excluding carboxylic acids is 1. The first-order chi connectivity index (χ1) is 26.3. The summed E-state index contributed by atoms with van der Waals surface area (Å²) in [5.74, 6) is 0.634. The van der Waals surface area contributed by atoms with Gasteiger partial charge < -0.3 is 9.84 Å². The second-order valence-corrected chi connectivity index (χ2v) is 21.4. The SMILES string of the molecule is CCCCCCCCCCCCc1cc(CCCCCCCCCCCC)cc(OC(=O)c2cc(C(C)(C)CC(C)(C)C)c(O)c(C(C)(C)CC(C)(C)C)c2)c1. The molecule has 3 heteroatoms. The molecule has 0 aliphatic rings. The van der Waals surface area contributed by atoms with Gasteiger partial charge in [0.1, 0.15) is 11.5 Å². The van der Waals surface area contributed by atoms with Gasteiger partial charge in [-0.25, -0.2) is 4.79 Å². The number of ether oxygens (including phenoxy) is 1. The van der Waals surface area contributed by atoms with Crippen LogP contribution >= 0.6 is 0 Å². The molecule has 0 saturated carbocycles. The Kier molecular flexibility index (Phi) is 21.9. The molecule has 2 rings (SSSR count). The number of phenols is 1. The summed E-state index contributed by atoms with van der Waals surface area (Å²) in [6.07, 6.45) is 30.3. The Balaban J connectivity index is 2.30. The molecule has 0 fully saturated rings. The lowest BCUT2D eigenvalue weighted by Crippen LogP contribution is -2.29. The number of aromatic hydroxyl groups is 1. The highest BCUT2D eigenvalue weighted by Gasteiger charge is 2.36. The summed E-state index contributed by atoms with van der Waals surface area (Å²) in [5, 5.41) is 12.0. The van der Waals surface area contributed by atoms with Crippen LogP contribution in [0.15, 0.2) is 30.3 Å². The lowest BCUT2D eigenvalue weighted by molar-refractivity contribution is 0.0734. The maximum absolute atomic E-state index is 14.3. The Hall–Kier alpha value is -2.29. The van der Waals surface area contributed by atoms with Crippen LogP contribution in [0, 0.1) is 10.8 Å². The third-order valence-electron chi connectivity index (χ3n) is 11.6. The molecule has 0 spiro atoms. The van der Waals surface area contributed by atoms with Gasteiger partial charge in [0.2, 0.25) is 0 Å². The van der Waals surface area contributed by atoms with E-state index in [1.165, 1.54) is 140 Å². The van der Waals surface area contributed by atoms with Crippen molar-refractivity contribution < 1.29 is 14.6 Å². The van der Waals surface area contributed by atoms with E-state index in [0.29, 0.717) is 17.1 Å². The Morgan fingerprint density at radius 1 is 0.482 bits per heavy atom. The minimum absolute atomic E-state index is 0.0485. The predicted molar refractivity (Wildman–Crippen MR) is 245 cm³/mol. The molecule has 0 amide bonds. The standard InChI is InChI=1S/C53H90O3/c1-13-15-17-19-21-23-25-27-29-31-33-42-35-43(34-32-30-28-26-24-22-20-18-16-14-2)37-45(36-42)56-49(55)44-38-46(52(9,10)40-50(3,4)5)48(54)47(39-44)53(11,12)41-51(6,7)8/h35-39,54H,13-34,40-41H2,1-12H3. The summed E-state index contributed by atoms with van der Waals surface area (Å²) in [7, 11) is 0. The summed E-state index contributed by atoms with van der Waals surface area (Å²) in [6, 6.07) is 10.4. The summed E-state index contributed by atoms with van der Waals surface area (Å²) in [6.45, 7) is 26.8. The molecular weight excluding hydrogens is 685 g/mol. The predicted octanol–water partition coefficient (Wildman–Crippen LogP) is 17.0. The van der Waals surface area contributed by atoms with Crippen molar-refractivity contribution in [3.8, 4) is 11.5 Å². The molecular formula is C53H90O3. The number of rotatable bonds is 28. The van der Waals surface area contributed by atoms with E-state index in [0.717, 1.165) is 36.8 Å². The first-order valence-electron chi connectivity index (χ1n) is 23.5. The number of phenolic OH excluding ortho intramolecular Hbond substituents is 1. The fourth-order valence-electron chi connectivity index (χ4n) is 9.50. The van der Waals surface area contributed by atoms with Gasteiger partial charge in [-0.05, 0) is 95.6 Å². The minimum Gasteiger partial charge on any atom is -0.507 e. The zero-order chi connectivity index (χ0) is 41.8. The first kappa shape index (κ1) is 49.9. The highest BCUT2D eigenvalue weighted by molar-refractivity contribution is 5.92. The van der Waals surface area contributed by atoms with Crippen molar-refractivity contribution in [2.75, 3.05) is 0 Å². The van der Waals surface area contributed by atoms with Gasteiger partial charge in [-0.2, -0.15) is 0 Å². The fourth-order valence-corrected chi connectivity index (χ4v) is 9.50. The third-order valence-corrected chi connectivity index (χ3v) is 11.6. The molecule has 0 unspecified atom stereocenters. The van der Waals surface area contributed by atoms with E-state index in [2.05, 4.69) is 101 Å². The number of hydrogen-bond acceptors (Lipinski definition) is 3. The average molecular weight is 775 g/mol. The number of aryl methyl sites for hydroxylation is 2. The van der Waals surface area contributed by atoms with Crippen molar-refractivity contribution >= 4 is 5.97 Å². The van der Waals surface area contributed by atoms with Crippen LogP contribution in [0.25, 0.3) is 0 Å². The van der Waals surface area contributed by atoms with Gasteiger partial charge >= 0.3 is 5.97 Å². The van der Waals surface area contributed by atoms with Crippen molar-refractivity contribution in [2.24, 2.45) is 10.8 Å². The molecule has 0 aliphatic carbocycles. The lowest BCUT2D eigenvalue weighted by Gasteiger charge is -2.37. The topological polar surface area (TPSA) is 46.5 Å². The zero-order valence-electron chi connectivity index (χ0n) is 39.1. The normalized spacial score (nSPS) is 12.7. The van der Waals surface area contributed by atoms with Crippen LogP contribution in [0.1, 0.15) is 257 Å². The quantitative estimate of drug-likeness (QED) is 0.0532. The van der Waals surface area contributed by atoms with Gasteiger partial charge in [-0.1, -0.05) is 205 Å². The van der Waals surface area contributed by atoms with Crippen molar-refractivity contribution in [1.29, 1.82) is 0 Å². The number of carbonyl (C=O) groups is 1. The van der Waals surface area contributed by atoms with E-state index >= 15 is 0 Å². The molecule has 0 saturated heterocycles. The van der Waals surface area contributed by atoms with E-state index in [-0.39, 0.29) is 27.6 Å². The number of esters is 1. The van der Waals surface area contributed by atoms with Crippen molar-refractivity contribution in [2.45, 2.75) is 248 Å². The second-order valence-electron chi connectivity index (χ2n) is 21.4. The minimum atomic E-state index is -0.345. The van der Waals surface area contributed by atoms with E-state index in [1.807, 2.05) is 12.1 Å². The van der Waals surface area contributed by atoms with E-state index in [9.17, 15) is 9.90 Å². The summed E-state index contributed by atoms with van der Waals surface area (Å²) in [4.78, 5) is 14.3. The van der Waals surface area contributed by atoms with E-state index in [4.69, 9.17) is 4.74 Å². The molecule has 1 N–H and O–H groups in total. The molecule has 0 radical (unpaired) electrons. The molecule has 0 aliphatic heterocycles. The van der Waals surface area contributed by atoms with Gasteiger partial charge in [0.25, 0.3) is 0 Å². The Morgan fingerprint density at radius 3 is 1.12 bits per heavy atom. The second kappa shape index (κ2) is 24.6. The van der Waals surface area contributed by atoms with Crippen LogP contribution in [0.5, 0.6) is 11.5 Å². The smallest absolute Gasteiger partial charge is 0.343 e. The molecule has 56 heavy (non-hydrogen) atoms. The molecule has 0 heterocycles. The maximum Gasteiger partial charge on any atom is 0.343 e. The van der Waals surface area contributed by atoms with Crippen LogP contribution in [0.3, 0.4) is 0 Å². The molecule has 0 bridgehead atoms. The van der Waals surface area contributed by atoms with E-state index in [1.54, 1.807) is 0 Å². The number of benzene rings is 2. The molecule has 2 aromatic rings. The third kappa shape index (κ3) is 19.9. The highest BCUT2D eigenvalue weighted by Crippen LogP contribution is 2.47. The summed E-state index contributed by atoms with van der Waals surface area (Å²) >= 11 is 0. The van der Waals surface area contributed by atoms with Crippen LogP contribution in [-0.4, -0.2) is 11.1 Å². The Labute approximate surface area is 348 Å².